The summed E-state index contributed by atoms with van der Waals surface area (Å²) in [4.78, 5) is 49.3. The largest absolute Gasteiger partial charge is 0.492 e. The van der Waals surface area contributed by atoms with Crippen LogP contribution < -0.4 is 20.0 Å². The smallest absolute Gasteiger partial charge is 0.341 e. The van der Waals surface area contributed by atoms with Crippen LogP contribution in [0.1, 0.15) is 47.6 Å². The monoisotopic (exact) mass is 573 g/mol. The Hall–Kier alpha value is -4.38. The van der Waals surface area contributed by atoms with Crippen molar-refractivity contribution in [3.63, 3.8) is 0 Å². The van der Waals surface area contributed by atoms with Gasteiger partial charge in [-0.05, 0) is 50.9 Å². The number of carbonyl (C=O) groups is 2. The summed E-state index contributed by atoms with van der Waals surface area (Å²) < 4.78 is 7.86. The predicted octanol–water partition coefficient (Wildman–Crippen LogP) is 3.34. The van der Waals surface area contributed by atoms with Gasteiger partial charge in [-0.2, -0.15) is 0 Å². The highest BCUT2D eigenvalue weighted by molar-refractivity contribution is 6.54. The van der Waals surface area contributed by atoms with E-state index in [1.54, 1.807) is 18.1 Å². The van der Waals surface area contributed by atoms with Gasteiger partial charge in [-0.15, -0.1) is 0 Å². The number of pyridine rings is 1. The van der Waals surface area contributed by atoms with Crippen LogP contribution in [0.15, 0.2) is 52.5 Å². The Balaban J connectivity index is 1.24. The van der Waals surface area contributed by atoms with Gasteiger partial charge < -0.3 is 29.0 Å². The Bertz CT molecular complexity index is 1640. The van der Waals surface area contributed by atoms with Gasteiger partial charge in [-0.3, -0.25) is 14.5 Å². The van der Waals surface area contributed by atoms with Crippen molar-refractivity contribution in [2.24, 2.45) is 5.16 Å². The highest BCUT2D eigenvalue weighted by atomic mass is 16.6. The molecule has 1 aliphatic carbocycles. The van der Waals surface area contributed by atoms with Crippen LogP contribution in [0.25, 0.3) is 10.9 Å². The number of nitrogens with zero attached hydrogens (tertiary/aromatic N) is 5. The van der Waals surface area contributed by atoms with Crippen LogP contribution in [0, 0.1) is 0 Å². The van der Waals surface area contributed by atoms with Crippen LogP contribution in [0.2, 0.25) is 0 Å². The number of aromatic carboxylic acids is 1. The number of para-hydroxylation sites is 1. The number of benzene rings is 2. The average molecular weight is 574 g/mol. The van der Waals surface area contributed by atoms with Gasteiger partial charge in [0.05, 0.1) is 29.4 Å². The summed E-state index contributed by atoms with van der Waals surface area (Å²) in [5, 5.41) is 14.0. The summed E-state index contributed by atoms with van der Waals surface area (Å²) in [6, 6.07) is 11.6. The zero-order valence-corrected chi connectivity index (χ0v) is 24.1. The summed E-state index contributed by atoms with van der Waals surface area (Å²) in [6.45, 7) is 2.78. The van der Waals surface area contributed by atoms with Crippen molar-refractivity contribution >= 4 is 39.9 Å². The molecule has 2 aromatic carbocycles. The molecule has 1 amide bonds. The second-order valence-electron chi connectivity index (χ2n) is 11.1. The molecule has 11 nitrogen and oxygen atoms in total. The van der Waals surface area contributed by atoms with E-state index in [2.05, 4.69) is 22.0 Å². The number of methoxy groups -OCH3 is 1. The lowest BCUT2D eigenvalue weighted by molar-refractivity contribution is -0.112. The molecule has 1 atom stereocenters. The number of carbonyl (C=O) groups excluding carboxylic acids is 1. The molecule has 1 unspecified atom stereocenters. The lowest BCUT2D eigenvalue weighted by atomic mass is 10.0. The molecular weight excluding hydrogens is 538 g/mol. The molecule has 0 spiro atoms. The van der Waals surface area contributed by atoms with Crippen LogP contribution in [0.4, 0.5) is 11.4 Å². The van der Waals surface area contributed by atoms with Crippen LogP contribution in [-0.4, -0.2) is 85.6 Å². The number of hydrogen-bond donors (Lipinski definition) is 1. The molecule has 0 radical (unpaired) electrons. The van der Waals surface area contributed by atoms with Gasteiger partial charge in [0.25, 0.3) is 5.91 Å². The number of aromatic nitrogens is 1. The number of fused-ring (bicyclic) bond motifs is 2. The molecule has 3 aromatic rings. The lowest BCUT2D eigenvalue weighted by Crippen LogP contribution is -2.49. The first kappa shape index (κ1) is 27.8. The summed E-state index contributed by atoms with van der Waals surface area (Å²) in [7, 11) is 5.13. The molecule has 2 fully saturated rings. The number of carboxylic acid groups (broad SMARTS) is 1. The van der Waals surface area contributed by atoms with Crippen LogP contribution >= 0.6 is 0 Å². The van der Waals surface area contributed by atoms with Crippen molar-refractivity contribution in [3.8, 4) is 5.75 Å². The second-order valence-corrected chi connectivity index (χ2v) is 11.1. The Kier molecular flexibility index (Phi) is 7.36. The number of carboxylic acids is 1. The number of oxime groups is 1. The molecule has 220 valence electrons. The molecule has 1 saturated carbocycles. The van der Waals surface area contributed by atoms with E-state index in [0.29, 0.717) is 35.5 Å². The van der Waals surface area contributed by atoms with Crippen LogP contribution in [0.3, 0.4) is 0 Å². The van der Waals surface area contributed by atoms with Crippen molar-refractivity contribution in [1.29, 1.82) is 0 Å². The van der Waals surface area contributed by atoms with E-state index in [4.69, 9.17) is 9.57 Å². The Morgan fingerprint density at radius 2 is 1.88 bits per heavy atom. The molecule has 1 aromatic heterocycles. The topological polar surface area (TPSA) is 117 Å². The number of anilines is 2. The van der Waals surface area contributed by atoms with Gasteiger partial charge in [0, 0.05) is 50.0 Å². The maximum Gasteiger partial charge on any atom is 0.341 e. The fourth-order valence-electron chi connectivity index (χ4n) is 6.29. The van der Waals surface area contributed by atoms with E-state index in [9.17, 15) is 19.5 Å². The maximum atomic E-state index is 13.1. The summed E-state index contributed by atoms with van der Waals surface area (Å²) in [5.74, 6) is -0.783. The first-order chi connectivity index (χ1) is 20.3. The van der Waals surface area contributed by atoms with E-state index >= 15 is 0 Å². The summed E-state index contributed by atoms with van der Waals surface area (Å²) in [6.07, 6.45) is 5.33. The quantitative estimate of drug-likeness (QED) is 0.388. The fraction of sp³-hybridized carbons (Fsp3) is 0.419. The van der Waals surface area contributed by atoms with E-state index in [1.165, 1.54) is 13.3 Å². The highest BCUT2D eigenvalue weighted by Gasteiger charge is 2.35. The second kappa shape index (κ2) is 11.1. The normalized spacial score (nSPS) is 19.6. The number of piperidine rings is 1. The zero-order valence-electron chi connectivity index (χ0n) is 24.1. The number of ether oxygens (including phenoxy) is 1. The Labute approximate surface area is 243 Å². The molecular formula is C31H35N5O6. The number of rotatable bonds is 9. The third-order valence-corrected chi connectivity index (χ3v) is 8.62. The average Bonchev–Trinajstić information content (AvgIpc) is 3.81. The molecule has 42 heavy (non-hydrogen) atoms. The molecule has 1 saturated heterocycles. The van der Waals surface area contributed by atoms with E-state index in [-0.39, 0.29) is 23.6 Å². The van der Waals surface area contributed by atoms with Gasteiger partial charge in [0.2, 0.25) is 5.43 Å². The molecule has 2 aliphatic heterocycles. The van der Waals surface area contributed by atoms with Crippen molar-refractivity contribution in [2.75, 3.05) is 57.2 Å². The molecule has 11 heteroatoms. The van der Waals surface area contributed by atoms with Crippen LogP contribution in [-0.2, 0) is 9.63 Å². The van der Waals surface area contributed by atoms with Gasteiger partial charge in [-0.1, -0.05) is 23.4 Å². The third kappa shape index (κ3) is 4.77. The Morgan fingerprint density at radius 1 is 1.10 bits per heavy atom. The maximum absolute atomic E-state index is 13.1. The fourth-order valence-corrected chi connectivity index (χ4v) is 6.29. The van der Waals surface area contributed by atoms with Gasteiger partial charge in [-0.25, -0.2) is 4.79 Å². The molecule has 1 N–H and O–H groups in total. The minimum atomic E-state index is -1.22. The third-order valence-electron chi connectivity index (χ3n) is 8.62. The number of hydrogen-bond acceptors (Lipinski definition) is 8. The summed E-state index contributed by atoms with van der Waals surface area (Å²) in [5.41, 5.74) is 2.77. The SMILES string of the molecule is CO/N=C1/C(=O)N(CCN(C)C2CCCN(c3ccc4c(=O)c(C(=O)O)cn(C5CC5)c4c3OC)C2)c2ccccc21. The Morgan fingerprint density at radius 3 is 2.60 bits per heavy atom. The number of likely N-dealkylation sites (N-methyl/N-ethyl adjacent to an activating group) is 1. The summed E-state index contributed by atoms with van der Waals surface area (Å²) >= 11 is 0. The first-order valence-electron chi connectivity index (χ1n) is 14.3. The molecule has 6 rings (SSSR count). The number of amides is 1. The van der Waals surface area contributed by atoms with Gasteiger partial charge in [0.15, 0.2) is 11.5 Å². The van der Waals surface area contributed by atoms with E-state index in [1.807, 2.05) is 34.9 Å². The predicted molar refractivity (Wildman–Crippen MR) is 160 cm³/mol. The standard InChI is InChI=1S/C31H35N5O6/c1-33(15-16-35-24-9-5-4-8-21(24)26(30(35)38)32-42-3)20-7-6-14-34(17-20)25-13-12-22-27(29(25)41-2)36(19-10-11-19)18-23(28(22)37)31(39)40/h4-5,8-9,12-13,18-20H,6-7,10-11,14-17H2,1-3H3,(H,39,40)/b32-26+. The molecule has 3 aliphatic rings. The lowest BCUT2D eigenvalue weighted by Gasteiger charge is -2.39. The van der Waals surface area contributed by atoms with Crippen molar-refractivity contribution in [2.45, 2.75) is 37.8 Å². The first-order valence-corrected chi connectivity index (χ1v) is 14.3. The zero-order chi connectivity index (χ0) is 29.5. The molecule has 3 heterocycles. The molecule has 0 bridgehead atoms. The van der Waals surface area contributed by atoms with Crippen molar-refractivity contribution in [3.05, 3.63) is 63.9 Å². The van der Waals surface area contributed by atoms with Crippen LogP contribution in [0.5, 0.6) is 5.75 Å². The van der Waals surface area contributed by atoms with Crippen molar-refractivity contribution < 1.29 is 24.3 Å². The van der Waals surface area contributed by atoms with Gasteiger partial charge >= 0.3 is 5.97 Å². The van der Waals surface area contributed by atoms with Crippen molar-refractivity contribution in [1.82, 2.24) is 9.47 Å². The minimum Gasteiger partial charge on any atom is -0.492 e. The van der Waals surface area contributed by atoms with E-state index < -0.39 is 11.4 Å². The van der Waals surface area contributed by atoms with Gasteiger partial charge in [0.1, 0.15) is 12.7 Å². The highest BCUT2D eigenvalue weighted by Crippen LogP contribution is 2.43. The van der Waals surface area contributed by atoms with E-state index in [0.717, 1.165) is 55.7 Å². The minimum absolute atomic E-state index is 0.156.